The van der Waals surface area contributed by atoms with Crippen molar-refractivity contribution in [2.24, 2.45) is 22.6 Å². The normalized spacial score (nSPS) is 14.9. The van der Waals surface area contributed by atoms with Crippen molar-refractivity contribution in [1.82, 2.24) is 20.6 Å². The number of nitrogens with one attached hydrogen (secondary N) is 1. The van der Waals surface area contributed by atoms with E-state index in [-0.39, 0.29) is 18.7 Å². The van der Waals surface area contributed by atoms with Crippen LogP contribution in [-0.2, 0) is 6.42 Å². The molecule has 1 saturated heterocycles. The van der Waals surface area contributed by atoms with Crippen molar-refractivity contribution in [2.75, 3.05) is 31.1 Å². The minimum absolute atomic E-state index is 0. The molecule has 2 aromatic rings. The second-order valence-electron chi connectivity index (χ2n) is 7.58. The Balaban J connectivity index is 0.00000341. The minimum atomic E-state index is -0.447. The van der Waals surface area contributed by atoms with E-state index in [1.165, 1.54) is 12.3 Å². The van der Waals surface area contributed by atoms with E-state index in [1.54, 1.807) is 17.0 Å². The average molecular weight is 417 g/mol. The summed E-state index contributed by atoms with van der Waals surface area (Å²) in [4.78, 5) is 16.3. The van der Waals surface area contributed by atoms with Gasteiger partial charge < -0.3 is 15.5 Å². The quantitative estimate of drug-likeness (QED) is 0.279. The highest BCUT2D eigenvalue weighted by molar-refractivity contribution is 6.03. The van der Waals surface area contributed by atoms with E-state index >= 15 is 0 Å². The summed E-state index contributed by atoms with van der Waals surface area (Å²) in [7, 11) is 0. The molecule has 0 atom stereocenters. The molecule has 0 bridgehead atoms. The molecule has 1 aromatic heterocycles. The van der Waals surface area contributed by atoms with E-state index in [0.717, 1.165) is 12.0 Å². The van der Waals surface area contributed by atoms with Crippen molar-refractivity contribution in [3.05, 3.63) is 53.1 Å². The second kappa shape index (κ2) is 9.49. The third kappa shape index (κ3) is 4.82. The first-order chi connectivity index (χ1) is 14.4. The highest BCUT2D eigenvalue weighted by Gasteiger charge is 2.26. The zero-order chi connectivity index (χ0) is 21.7. The number of anilines is 1. The summed E-state index contributed by atoms with van der Waals surface area (Å²) in [6, 6.07) is 6.75. The number of hydrazine groups is 1. The summed E-state index contributed by atoms with van der Waals surface area (Å²) >= 11 is 0. The van der Waals surface area contributed by atoms with Crippen LogP contribution in [0.3, 0.4) is 0 Å². The Morgan fingerprint density at radius 3 is 2.67 bits per heavy atom. The van der Waals surface area contributed by atoms with Crippen LogP contribution >= 0.6 is 0 Å². The number of carbonyl (C=O) groups excluding carboxylic acids is 1. The van der Waals surface area contributed by atoms with E-state index in [9.17, 15) is 9.18 Å². The molecule has 1 aliphatic heterocycles. The fourth-order valence-corrected chi connectivity index (χ4v) is 3.59. The number of hydrogen-bond donors (Lipinski definition) is 3. The molecule has 0 unspecified atom stereocenters. The van der Waals surface area contributed by atoms with Gasteiger partial charge in [0.1, 0.15) is 5.82 Å². The van der Waals surface area contributed by atoms with Gasteiger partial charge in [0.2, 0.25) is 0 Å². The number of nitrogens with two attached hydrogens (primary N) is 2. The molecule has 1 amide bonds. The van der Waals surface area contributed by atoms with Crippen molar-refractivity contribution < 1.29 is 10.6 Å². The van der Waals surface area contributed by atoms with Gasteiger partial charge in [-0.05, 0) is 42.2 Å². The maximum atomic E-state index is 15.0. The lowest BCUT2D eigenvalue weighted by Crippen LogP contribution is -2.49. The summed E-state index contributed by atoms with van der Waals surface area (Å²) in [6.45, 7) is 6.14. The van der Waals surface area contributed by atoms with Gasteiger partial charge in [-0.2, -0.15) is 5.10 Å². The van der Waals surface area contributed by atoms with E-state index in [0.29, 0.717) is 43.5 Å². The molecule has 2 heterocycles. The number of rotatable bonds is 6. The molecular formula is C20H29FN8O. The molecule has 10 heteroatoms. The zero-order valence-electron chi connectivity index (χ0n) is 17.2. The van der Waals surface area contributed by atoms with Gasteiger partial charge in [0, 0.05) is 33.8 Å². The molecule has 0 radical (unpaired) electrons. The number of piperazine rings is 1. The van der Waals surface area contributed by atoms with Crippen molar-refractivity contribution in [3.63, 3.8) is 0 Å². The number of hydrogen-bond acceptors (Lipinski definition) is 7. The average Bonchev–Trinajstić information content (AvgIpc) is 2.73. The van der Waals surface area contributed by atoms with Gasteiger partial charge in [0.05, 0.1) is 11.3 Å². The largest absolute Gasteiger partial charge is 0.382 e. The SMILES string of the molecule is CC(C)Cc1cc(F)c(/C(N)=N/NN)c(N2CCN(C(=O)c3cccnn3)CC2)c1.[HH]. The number of aromatic nitrogens is 2. The Labute approximate surface area is 176 Å². The Bertz CT molecular complexity index is 917. The first-order valence-corrected chi connectivity index (χ1v) is 9.84. The number of hydrazone groups is 1. The lowest BCUT2D eigenvalue weighted by molar-refractivity contribution is 0.0739. The third-order valence-electron chi connectivity index (χ3n) is 4.91. The summed E-state index contributed by atoms with van der Waals surface area (Å²) in [5, 5.41) is 11.4. The molecule has 1 fully saturated rings. The van der Waals surface area contributed by atoms with Crippen LogP contribution in [0.5, 0.6) is 0 Å². The van der Waals surface area contributed by atoms with Gasteiger partial charge in [-0.15, -0.1) is 10.2 Å². The molecule has 9 nitrogen and oxygen atoms in total. The third-order valence-corrected chi connectivity index (χ3v) is 4.91. The van der Waals surface area contributed by atoms with Crippen molar-refractivity contribution in [2.45, 2.75) is 20.3 Å². The van der Waals surface area contributed by atoms with E-state index in [2.05, 4.69) is 34.7 Å². The Morgan fingerprint density at radius 2 is 2.07 bits per heavy atom. The lowest BCUT2D eigenvalue weighted by Gasteiger charge is -2.37. The molecule has 0 saturated carbocycles. The summed E-state index contributed by atoms with van der Waals surface area (Å²) in [5.41, 5.74) is 10.1. The van der Waals surface area contributed by atoms with Crippen LogP contribution in [0.2, 0.25) is 0 Å². The molecule has 0 spiro atoms. The molecule has 162 valence electrons. The van der Waals surface area contributed by atoms with Gasteiger partial charge in [0.25, 0.3) is 5.91 Å². The first kappa shape index (κ1) is 21.4. The smallest absolute Gasteiger partial charge is 0.274 e. The van der Waals surface area contributed by atoms with Crippen LogP contribution in [0.15, 0.2) is 35.6 Å². The van der Waals surface area contributed by atoms with Crippen molar-refractivity contribution in [1.29, 1.82) is 0 Å². The topological polar surface area (TPSA) is 126 Å². The van der Waals surface area contributed by atoms with Gasteiger partial charge in [-0.25, -0.2) is 15.8 Å². The number of nitrogens with zero attached hydrogens (tertiary/aromatic N) is 5. The fraction of sp³-hybridized carbons (Fsp3) is 0.400. The summed E-state index contributed by atoms with van der Waals surface area (Å²) in [6.07, 6.45) is 2.26. The van der Waals surface area contributed by atoms with Crippen LogP contribution < -0.4 is 22.0 Å². The molecule has 1 aliphatic rings. The highest BCUT2D eigenvalue weighted by Crippen LogP contribution is 2.28. The van der Waals surface area contributed by atoms with Crippen molar-refractivity contribution in [3.8, 4) is 0 Å². The fourth-order valence-electron chi connectivity index (χ4n) is 3.59. The summed E-state index contributed by atoms with van der Waals surface area (Å²) < 4.78 is 15.0. The number of amides is 1. The monoisotopic (exact) mass is 416 g/mol. The Kier molecular flexibility index (Phi) is 6.78. The van der Waals surface area contributed by atoms with E-state index < -0.39 is 5.82 Å². The van der Waals surface area contributed by atoms with Crippen LogP contribution in [0, 0.1) is 11.7 Å². The molecule has 30 heavy (non-hydrogen) atoms. The number of halogens is 1. The molecule has 5 N–H and O–H groups in total. The maximum Gasteiger partial charge on any atom is 0.274 e. The Hall–Kier alpha value is -3.27. The molecule has 1 aromatic carbocycles. The van der Waals surface area contributed by atoms with Gasteiger partial charge in [0.15, 0.2) is 11.5 Å². The van der Waals surface area contributed by atoms with Gasteiger partial charge in [-0.1, -0.05) is 13.8 Å². The van der Waals surface area contributed by atoms with Crippen molar-refractivity contribution >= 4 is 17.4 Å². The highest BCUT2D eigenvalue weighted by atomic mass is 19.1. The zero-order valence-corrected chi connectivity index (χ0v) is 17.2. The first-order valence-electron chi connectivity index (χ1n) is 9.84. The van der Waals surface area contributed by atoms with Crippen LogP contribution in [-0.4, -0.2) is 53.0 Å². The summed E-state index contributed by atoms with van der Waals surface area (Å²) in [5.74, 6) is 4.97. The number of amidine groups is 1. The molecule has 0 aliphatic carbocycles. The van der Waals surface area contributed by atoms with Gasteiger partial charge >= 0.3 is 0 Å². The second-order valence-corrected chi connectivity index (χ2v) is 7.58. The standard InChI is InChI=1S/C20H27FN8O.H2/c1-13(2)10-14-11-15(21)18(19(22)26-27-23)17(12-14)28-6-8-29(9-7-28)20(30)16-4-3-5-24-25-16;/h3-5,11-13,27H,6-10,23H2,1-2H3,(H2,22,26);1H. The van der Waals surface area contributed by atoms with Gasteiger partial charge in [-0.3, -0.25) is 4.79 Å². The van der Waals surface area contributed by atoms with E-state index in [1.807, 2.05) is 11.0 Å². The molecular weight excluding hydrogens is 387 g/mol. The number of carbonyl (C=O) groups is 1. The predicted octanol–water partition coefficient (Wildman–Crippen LogP) is 1.11. The molecule has 3 rings (SSSR count). The van der Waals surface area contributed by atoms with Crippen LogP contribution in [0.4, 0.5) is 10.1 Å². The number of benzene rings is 1. The lowest BCUT2D eigenvalue weighted by atomic mass is 9.98. The minimum Gasteiger partial charge on any atom is -0.382 e. The van der Waals surface area contributed by atoms with Crippen LogP contribution in [0.25, 0.3) is 0 Å². The Morgan fingerprint density at radius 1 is 1.33 bits per heavy atom. The predicted molar refractivity (Wildman–Crippen MR) is 115 cm³/mol. The van der Waals surface area contributed by atoms with E-state index in [4.69, 9.17) is 11.6 Å². The van der Waals surface area contributed by atoms with Crippen LogP contribution in [0.1, 0.15) is 36.9 Å². The maximum absolute atomic E-state index is 15.0.